The van der Waals surface area contributed by atoms with Gasteiger partial charge in [0.1, 0.15) is 0 Å². The smallest absolute Gasteiger partial charge is 0.0733 e. The van der Waals surface area contributed by atoms with Crippen LogP contribution in [0, 0.1) is 0 Å². The molecule has 0 saturated carbocycles. The van der Waals surface area contributed by atoms with Crippen molar-refractivity contribution in [1.29, 1.82) is 0 Å². The zero-order chi connectivity index (χ0) is 11.8. The average molecular weight is 252 g/mol. The van der Waals surface area contributed by atoms with E-state index in [1.165, 1.54) is 18.4 Å². The molecule has 2 aliphatic rings. The molecule has 2 nitrogen and oxygen atoms in total. The Morgan fingerprint density at radius 2 is 2.18 bits per heavy atom. The molecule has 2 fully saturated rings. The second-order valence-electron chi connectivity index (χ2n) is 5.13. The quantitative estimate of drug-likeness (QED) is 0.890. The molecule has 17 heavy (non-hydrogen) atoms. The molecular formula is C14H18ClNO. The first-order valence-electron chi connectivity index (χ1n) is 6.40. The van der Waals surface area contributed by atoms with E-state index in [2.05, 4.69) is 18.3 Å². The Morgan fingerprint density at radius 3 is 2.82 bits per heavy atom. The van der Waals surface area contributed by atoms with E-state index >= 15 is 0 Å². The van der Waals surface area contributed by atoms with Crippen molar-refractivity contribution in [3.05, 3.63) is 34.9 Å². The first-order valence-corrected chi connectivity index (χ1v) is 6.78. The molecule has 3 heteroatoms. The van der Waals surface area contributed by atoms with E-state index in [9.17, 15) is 0 Å². The van der Waals surface area contributed by atoms with Gasteiger partial charge < -0.3 is 10.1 Å². The van der Waals surface area contributed by atoms with Gasteiger partial charge in [-0.15, -0.1) is 0 Å². The second-order valence-corrected chi connectivity index (χ2v) is 5.53. The fourth-order valence-electron chi connectivity index (χ4n) is 3.05. The van der Waals surface area contributed by atoms with Crippen molar-refractivity contribution >= 4 is 11.6 Å². The highest BCUT2D eigenvalue weighted by atomic mass is 35.5. The van der Waals surface area contributed by atoms with Crippen LogP contribution in [-0.2, 0) is 4.74 Å². The summed E-state index contributed by atoms with van der Waals surface area (Å²) < 4.78 is 5.86. The normalized spacial score (nSPS) is 32.9. The lowest BCUT2D eigenvalue weighted by Gasteiger charge is -2.25. The molecule has 2 aliphatic heterocycles. The van der Waals surface area contributed by atoms with E-state index in [1.54, 1.807) is 0 Å². The van der Waals surface area contributed by atoms with Crippen molar-refractivity contribution in [2.75, 3.05) is 0 Å². The third-order valence-electron chi connectivity index (χ3n) is 3.94. The number of hydrogen-bond acceptors (Lipinski definition) is 2. The summed E-state index contributed by atoms with van der Waals surface area (Å²) in [6.07, 6.45) is 4.52. The van der Waals surface area contributed by atoms with Crippen LogP contribution in [0.2, 0.25) is 5.02 Å². The summed E-state index contributed by atoms with van der Waals surface area (Å²) in [5.41, 5.74) is 1.18. The second kappa shape index (κ2) is 4.60. The van der Waals surface area contributed by atoms with Gasteiger partial charge in [-0.25, -0.2) is 0 Å². The molecule has 2 heterocycles. The Morgan fingerprint density at radius 1 is 1.35 bits per heavy atom. The van der Waals surface area contributed by atoms with Crippen LogP contribution in [0.3, 0.4) is 0 Å². The molecule has 1 aromatic rings. The van der Waals surface area contributed by atoms with Crippen molar-refractivity contribution < 1.29 is 4.74 Å². The molecule has 1 N–H and O–H groups in total. The third-order valence-corrected chi connectivity index (χ3v) is 4.29. The standard InChI is InChI=1S/C14H18ClNO/c1-9(11-4-2-3-5-12(11)15)16-13-8-10-6-7-14(13)17-10/h2-5,9-10,13-14,16H,6-8H2,1H3. The molecule has 0 aromatic heterocycles. The lowest BCUT2D eigenvalue weighted by atomic mass is 9.94. The zero-order valence-electron chi connectivity index (χ0n) is 10.0. The van der Waals surface area contributed by atoms with Crippen LogP contribution < -0.4 is 5.32 Å². The van der Waals surface area contributed by atoms with E-state index in [1.807, 2.05) is 18.2 Å². The molecule has 0 spiro atoms. The molecule has 0 radical (unpaired) electrons. The molecule has 1 aromatic carbocycles. The summed E-state index contributed by atoms with van der Waals surface area (Å²) in [6.45, 7) is 2.17. The SMILES string of the molecule is CC(NC1CC2CCC1O2)c1ccccc1Cl. The van der Waals surface area contributed by atoms with E-state index in [-0.39, 0.29) is 6.04 Å². The van der Waals surface area contributed by atoms with E-state index in [4.69, 9.17) is 16.3 Å². The summed E-state index contributed by atoms with van der Waals surface area (Å²) in [4.78, 5) is 0. The lowest BCUT2D eigenvalue weighted by molar-refractivity contribution is 0.0962. The summed E-state index contributed by atoms with van der Waals surface area (Å²) in [7, 11) is 0. The maximum absolute atomic E-state index is 6.21. The largest absolute Gasteiger partial charge is 0.373 e. The van der Waals surface area contributed by atoms with Gasteiger partial charge in [0.25, 0.3) is 0 Å². The van der Waals surface area contributed by atoms with Crippen LogP contribution in [-0.4, -0.2) is 18.2 Å². The summed E-state index contributed by atoms with van der Waals surface area (Å²) in [5.74, 6) is 0. The molecule has 4 unspecified atom stereocenters. The molecule has 2 saturated heterocycles. The number of nitrogens with one attached hydrogen (secondary N) is 1. The molecule has 0 aliphatic carbocycles. The van der Waals surface area contributed by atoms with Crippen LogP contribution in [0.5, 0.6) is 0 Å². The topological polar surface area (TPSA) is 21.3 Å². The van der Waals surface area contributed by atoms with E-state index in [0.29, 0.717) is 18.2 Å². The Kier molecular flexibility index (Phi) is 3.12. The number of halogens is 1. The van der Waals surface area contributed by atoms with Gasteiger partial charge in [-0.1, -0.05) is 29.8 Å². The fourth-order valence-corrected chi connectivity index (χ4v) is 3.35. The molecule has 92 valence electrons. The number of fused-ring (bicyclic) bond motifs is 2. The first-order chi connectivity index (χ1) is 8.24. The highest BCUT2D eigenvalue weighted by Crippen LogP contribution is 2.35. The van der Waals surface area contributed by atoms with Crippen LogP contribution >= 0.6 is 11.6 Å². The van der Waals surface area contributed by atoms with Gasteiger partial charge in [0.2, 0.25) is 0 Å². The van der Waals surface area contributed by atoms with Crippen molar-refractivity contribution in [2.24, 2.45) is 0 Å². The minimum absolute atomic E-state index is 0.289. The van der Waals surface area contributed by atoms with Crippen molar-refractivity contribution in [2.45, 2.75) is 50.5 Å². The van der Waals surface area contributed by atoms with Gasteiger partial charge in [0, 0.05) is 17.1 Å². The minimum atomic E-state index is 0.289. The summed E-state index contributed by atoms with van der Waals surface area (Å²) >= 11 is 6.21. The average Bonchev–Trinajstić information content (AvgIpc) is 2.91. The van der Waals surface area contributed by atoms with Crippen LogP contribution in [0.1, 0.15) is 37.8 Å². The summed E-state index contributed by atoms with van der Waals surface area (Å²) in [5, 5.41) is 4.50. The molecule has 3 rings (SSSR count). The number of hydrogen-bond donors (Lipinski definition) is 1. The molecule has 0 amide bonds. The highest BCUT2D eigenvalue weighted by Gasteiger charge is 2.41. The fraction of sp³-hybridized carbons (Fsp3) is 0.571. The van der Waals surface area contributed by atoms with Crippen LogP contribution in [0.4, 0.5) is 0 Å². The Labute approximate surface area is 107 Å². The van der Waals surface area contributed by atoms with Crippen molar-refractivity contribution in [3.8, 4) is 0 Å². The minimum Gasteiger partial charge on any atom is -0.373 e. The van der Waals surface area contributed by atoms with Crippen LogP contribution in [0.25, 0.3) is 0 Å². The first kappa shape index (κ1) is 11.5. The van der Waals surface area contributed by atoms with Gasteiger partial charge in [-0.05, 0) is 37.8 Å². The Hall–Kier alpha value is -0.570. The van der Waals surface area contributed by atoms with E-state index in [0.717, 1.165) is 11.4 Å². The van der Waals surface area contributed by atoms with Gasteiger partial charge in [-0.2, -0.15) is 0 Å². The predicted octanol–water partition coefficient (Wildman–Crippen LogP) is 3.31. The lowest BCUT2D eigenvalue weighted by Crippen LogP contribution is -2.39. The Bertz CT molecular complexity index is 409. The van der Waals surface area contributed by atoms with Crippen LogP contribution in [0.15, 0.2) is 24.3 Å². The van der Waals surface area contributed by atoms with Gasteiger partial charge >= 0.3 is 0 Å². The third kappa shape index (κ3) is 2.22. The van der Waals surface area contributed by atoms with Gasteiger partial charge in [0.05, 0.1) is 12.2 Å². The number of ether oxygens (including phenoxy) is 1. The number of benzene rings is 1. The number of rotatable bonds is 3. The van der Waals surface area contributed by atoms with Gasteiger partial charge in [-0.3, -0.25) is 0 Å². The van der Waals surface area contributed by atoms with Crippen molar-refractivity contribution in [1.82, 2.24) is 5.32 Å². The molecular weight excluding hydrogens is 234 g/mol. The predicted molar refractivity (Wildman–Crippen MR) is 69.3 cm³/mol. The molecule has 4 atom stereocenters. The Balaban J connectivity index is 1.68. The zero-order valence-corrected chi connectivity index (χ0v) is 10.8. The van der Waals surface area contributed by atoms with Gasteiger partial charge in [0.15, 0.2) is 0 Å². The summed E-state index contributed by atoms with van der Waals surface area (Å²) in [6, 6.07) is 8.84. The molecule has 2 bridgehead atoms. The highest BCUT2D eigenvalue weighted by molar-refractivity contribution is 6.31. The maximum atomic E-state index is 6.21. The maximum Gasteiger partial charge on any atom is 0.0733 e. The van der Waals surface area contributed by atoms with Crippen molar-refractivity contribution in [3.63, 3.8) is 0 Å². The monoisotopic (exact) mass is 251 g/mol. The van der Waals surface area contributed by atoms with E-state index < -0.39 is 0 Å².